The van der Waals surface area contributed by atoms with Crippen molar-refractivity contribution in [3.63, 3.8) is 0 Å². The number of rotatable bonds is 2. The van der Waals surface area contributed by atoms with E-state index in [9.17, 15) is 0 Å². The predicted molar refractivity (Wildman–Crippen MR) is 56.5 cm³/mol. The van der Waals surface area contributed by atoms with Crippen molar-refractivity contribution >= 4 is 0 Å². The topological polar surface area (TPSA) is 20.2 Å². The molecule has 0 saturated heterocycles. The summed E-state index contributed by atoms with van der Waals surface area (Å²) in [5.41, 5.74) is 1.78. The molecule has 0 heterocycles. The standard InChI is InChI=1S/C12H22O/c1-9(7-8-13)11-6-5-10(2)12(11,3)4/h7,10-11,13H,5-6,8H2,1-4H3. The van der Waals surface area contributed by atoms with Gasteiger partial charge in [0.1, 0.15) is 0 Å². The lowest BCUT2D eigenvalue weighted by atomic mass is 9.73. The maximum Gasteiger partial charge on any atom is 0.0615 e. The summed E-state index contributed by atoms with van der Waals surface area (Å²) >= 11 is 0. The van der Waals surface area contributed by atoms with Crippen LogP contribution in [0.4, 0.5) is 0 Å². The second-order valence-electron chi connectivity index (χ2n) is 4.98. The largest absolute Gasteiger partial charge is 0.392 e. The third-order valence-electron chi connectivity index (χ3n) is 4.02. The van der Waals surface area contributed by atoms with Crippen molar-refractivity contribution in [2.45, 2.75) is 40.5 Å². The normalized spacial score (nSPS) is 33.8. The molecule has 0 aromatic heterocycles. The molecule has 1 nitrogen and oxygen atoms in total. The van der Waals surface area contributed by atoms with Crippen LogP contribution in [0, 0.1) is 17.3 Å². The van der Waals surface area contributed by atoms with Gasteiger partial charge in [-0.2, -0.15) is 0 Å². The van der Waals surface area contributed by atoms with Crippen molar-refractivity contribution in [1.29, 1.82) is 0 Å². The number of hydrogen-bond donors (Lipinski definition) is 1. The third kappa shape index (κ3) is 1.96. The Balaban J connectivity index is 2.77. The zero-order chi connectivity index (χ0) is 10.1. The molecular formula is C12H22O. The first-order chi connectivity index (χ1) is 6.00. The van der Waals surface area contributed by atoms with Gasteiger partial charge in [-0.3, -0.25) is 0 Å². The zero-order valence-corrected chi connectivity index (χ0v) is 9.30. The molecule has 1 saturated carbocycles. The van der Waals surface area contributed by atoms with Crippen molar-refractivity contribution in [2.75, 3.05) is 6.61 Å². The first kappa shape index (κ1) is 10.8. The van der Waals surface area contributed by atoms with E-state index in [0.29, 0.717) is 11.3 Å². The molecule has 0 radical (unpaired) electrons. The molecule has 2 atom stereocenters. The second kappa shape index (κ2) is 3.83. The van der Waals surface area contributed by atoms with Gasteiger partial charge >= 0.3 is 0 Å². The van der Waals surface area contributed by atoms with Crippen LogP contribution in [0.3, 0.4) is 0 Å². The van der Waals surface area contributed by atoms with E-state index >= 15 is 0 Å². The highest BCUT2D eigenvalue weighted by atomic mass is 16.2. The first-order valence-corrected chi connectivity index (χ1v) is 5.27. The van der Waals surface area contributed by atoms with Crippen LogP contribution in [0.5, 0.6) is 0 Å². The predicted octanol–water partition coefficient (Wildman–Crippen LogP) is 3.00. The molecule has 2 unspecified atom stereocenters. The quantitative estimate of drug-likeness (QED) is 0.651. The lowest BCUT2D eigenvalue weighted by Gasteiger charge is -2.32. The van der Waals surface area contributed by atoms with Gasteiger partial charge in [-0.25, -0.2) is 0 Å². The van der Waals surface area contributed by atoms with Gasteiger partial charge in [-0.05, 0) is 37.0 Å². The van der Waals surface area contributed by atoms with Crippen LogP contribution in [0.2, 0.25) is 0 Å². The van der Waals surface area contributed by atoms with Gasteiger partial charge in [0.25, 0.3) is 0 Å². The van der Waals surface area contributed by atoms with E-state index in [0.717, 1.165) is 5.92 Å². The monoisotopic (exact) mass is 182 g/mol. The highest BCUT2D eigenvalue weighted by Crippen LogP contribution is 2.49. The van der Waals surface area contributed by atoms with Crippen LogP contribution >= 0.6 is 0 Å². The summed E-state index contributed by atoms with van der Waals surface area (Å²) in [6, 6.07) is 0. The van der Waals surface area contributed by atoms with E-state index in [4.69, 9.17) is 5.11 Å². The van der Waals surface area contributed by atoms with Crippen molar-refractivity contribution < 1.29 is 5.11 Å². The lowest BCUT2D eigenvalue weighted by Crippen LogP contribution is -2.24. The SMILES string of the molecule is CC(=CCO)C1CCC(C)C1(C)C. The Morgan fingerprint density at radius 2 is 2.08 bits per heavy atom. The van der Waals surface area contributed by atoms with Gasteiger partial charge in [0.15, 0.2) is 0 Å². The zero-order valence-electron chi connectivity index (χ0n) is 9.30. The average Bonchev–Trinajstić information content (AvgIpc) is 2.28. The van der Waals surface area contributed by atoms with E-state index < -0.39 is 0 Å². The van der Waals surface area contributed by atoms with E-state index in [1.807, 2.05) is 6.08 Å². The maximum absolute atomic E-state index is 8.86. The molecule has 0 bridgehead atoms. The van der Waals surface area contributed by atoms with Crippen molar-refractivity contribution in [1.82, 2.24) is 0 Å². The van der Waals surface area contributed by atoms with Crippen LogP contribution < -0.4 is 0 Å². The summed E-state index contributed by atoms with van der Waals surface area (Å²) in [7, 11) is 0. The van der Waals surface area contributed by atoms with Crippen LogP contribution in [-0.2, 0) is 0 Å². The number of aliphatic hydroxyl groups is 1. The van der Waals surface area contributed by atoms with Crippen LogP contribution in [0.15, 0.2) is 11.6 Å². The minimum atomic E-state index is 0.187. The molecular weight excluding hydrogens is 160 g/mol. The molecule has 1 aliphatic carbocycles. The molecule has 1 rings (SSSR count). The Morgan fingerprint density at radius 3 is 2.46 bits per heavy atom. The van der Waals surface area contributed by atoms with Gasteiger partial charge in [0.05, 0.1) is 6.61 Å². The number of allylic oxidation sites excluding steroid dienone is 1. The summed E-state index contributed by atoms with van der Waals surface area (Å²) in [5.74, 6) is 1.48. The van der Waals surface area contributed by atoms with E-state index in [-0.39, 0.29) is 6.61 Å². The van der Waals surface area contributed by atoms with E-state index in [2.05, 4.69) is 27.7 Å². The highest BCUT2D eigenvalue weighted by molar-refractivity contribution is 5.11. The minimum absolute atomic E-state index is 0.187. The van der Waals surface area contributed by atoms with Gasteiger partial charge < -0.3 is 5.11 Å². The molecule has 76 valence electrons. The Hall–Kier alpha value is -0.300. The fourth-order valence-corrected chi connectivity index (χ4v) is 2.60. The van der Waals surface area contributed by atoms with E-state index in [1.165, 1.54) is 18.4 Å². The molecule has 1 N–H and O–H groups in total. The lowest BCUT2D eigenvalue weighted by molar-refractivity contribution is 0.222. The van der Waals surface area contributed by atoms with Crippen LogP contribution in [0.1, 0.15) is 40.5 Å². The van der Waals surface area contributed by atoms with Crippen molar-refractivity contribution in [2.24, 2.45) is 17.3 Å². The molecule has 0 amide bonds. The Labute approximate surface area is 81.9 Å². The molecule has 0 spiro atoms. The number of aliphatic hydroxyl groups excluding tert-OH is 1. The Bertz CT molecular complexity index is 203. The molecule has 13 heavy (non-hydrogen) atoms. The maximum atomic E-state index is 8.86. The van der Waals surface area contributed by atoms with Gasteiger partial charge in [-0.15, -0.1) is 0 Å². The smallest absolute Gasteiger partial charge is 0.0615 e. The Kier molecular flexibility index (Phi) is 3.18. The Morgan fingerprint density at radius 1 is 1.46 bits per heavy atom. The van der Waals surface area contributed by atoms with Crippen molar-refractivity contribution in [3.8, 4) is 0 Å². The highest BCUT2D eigenvalue weighted by Gasteiger charge is 2.40. The number of hydrogen-bond acceptors (Lipinski definition) is 1. The molecule has 0 aromatic rings. The summed E-state index contributed by atoms with van der Waals surface area (Å²) < 4.78 is 0. The van der Waals surface area contributed by atoms with Crippen LogP contribution in [-0.4, -0.2) is 11.7 Å². The fourth-order valence-electron chi connectivity index (χ4n) is 2.60. The summed E-state index contributed by atoms with van der Waals surface area (Å²) in [4.78, 5) is 0. The average molecular weight is 182 g/mol. The third-order valence-corrected chi connectivity index (χ3v) is 4.02. The molecule has 1 fully saturated rings. The minimum Gasteiger partial charge on any atom is -0.392 e. The molecule has 0 aromatic carbocycles. The summed E-state index contributed by atoms with van der Waals surface area (Å²) in [6.45, 7) is 9.38. The fraction of sp³-hybridized carbons (Fsp3) is 0.833. The second-order valence-corrected chi connectivity index (χ2v) is 4.98. The van der Waals surface area contributed by atoms with Gasteiger partial charge in [-0.1, -0.05) is 32.4 Å². The molecule has 1 aliphatic rings. The molecule has 0 aliphatic heterocycles. The van der Waals surface area contributed by atoms with Gasteiger partial charge in [0.2, 0.25) is 0 Å². The summed E-state index contributed by atoms with van der Waals surface area (Å²) in [5, 5.41) is 8.86. The summed E-state index contributed by atoms with van der Waals surface area (Å²) in [6.07, 6.45) is 4.58. The van der Waals surface area contributed by atoms with E-state index in [1.54, 1.807) is 0 Å². The first-order valence-electron chi connectivity index (χ1n) is 5.27. The van der Waals surface area contributed by atoms with Gasteiger partial charge in [0, 0.05) is 0 Å². The molecule has 1 heteroatoms. The van der Waals surface area contributed by atoms with Crippen LogP contribution in [0.25, 0.3) is 0 Å². The van der Waals surface area contributed by atoms with Crippen molar-refractivity contribution in [3.05, 3.63) is 11.6 Å².